The van der Waals surface area contributed by atoms with E-state index in [1.54, 1.807) is 7.11 Å². The molecule has 54 valence electrons. The van der Waals surface area contributed by atoms with Gasteiger partial charge in [-0.2, -0.15) is 7.05 Å². The third kappa shape index (κ3) is 1.43. The van der Waals surface area contributed by atoms with Crippen LogP contribution in [-0.2, 0) is 4.74 Å². The molecule has 1 fully saturated rings. The molecule has 0 saturated carbocycles. The number of quaternary nitrogens is 1. The molecule has 0 radical (unpaired) electrons. The fourth-order valence-electron chi connectivity index (χ4n) is 1.47. The van der Waals surface area contributed by atoms with E-state index in [0.717, 1.165) is 13.1 Å². The van der Waals surface area contributed by atoms with Crippen LogP contribution in [-0.4, -0.2) is 26.3 Å². The van der Waals surface area contributed by atoms with Gasteiger partial charge in [0, 0.05) is 13.0 Å². The van der Waals surface area contributed by atoms with Gasteiger partial charge < -0.3 is 9.64 Å². The summed E-state index contributed by atoms with van der Waals surface area (Å²) in [6.07, 6.45) is 0.442. The predicted octanol–water partition coefficient (Wildman–Crippen LogP) is -0.672. The minimum atomic E-state index is 0.442. The summed E-state index contributed by atoms with van der Waals surface area (Å²) in [6, 6.07) is 0. The van der Waals surface area contributed by atoms with Crippen molar-refractivity contribution in [2.75, 3.05) is 20.2 Å². The van der Waals surface area contributed by atoms with Crippen LogP contribution in [0.1, 0.15) is 6.92 Å². The van der Waals surface area contributed by atoms with Crippen molar-refractivity contribution in [1.82, 2.24) is 0 Å². The summed E-state index contributed by atoms with van der Waals surface area (Å²) < 4.78 is 5.23. The largest absolute Gasteiger partial charge is 0.465 e. The zero-order valence-corrected chi connectivity index (χ0v) is 6.18. The monoisotopic (exact) mass is 129 g/mol. The maximum Gasteiger partial charge on any atom is 0.112 e. The van der Waals surface area contributed by atoms with Gasteiger partial charge in [0.15, 0.2) is 0 Å². The van der Waals surface area contributed by atoms with Crippen LogP contribution >= 0.6 is 0 Å². The molecule has 1 unspecified atom stereocenters. The molecule has 1 aliphatic rings. The van der Waals surface area contributed by atoms with Gasteiger partial charge in [-0.15, -0.1) is 0 Å². The van der Waals surface area contributed by atoms with Gasteiger partial charge in [0.2, 0.25) is 0 Å². The van der Waals surface area contributed by atoms with Crippen LogP contribution in [0.4, 0.5) is 0 Å². The summed E-state index contributed by atoms with van der Waals surface area (Å²) in [6.45, 7) is 4.43. The maximum absolute atomic E-state index is 5.23. The molecule has 0 aromatic heterocycles. The van der Waals surface area contributed by atoms with Gasteiger partial charge in [0.25, 0.3) is 0 Å². The number of methoxy groups -OCH3 is 1. The second-order valence-electron chi connectivity index (χ2n) is 2.91. The Bertz CT molecular complexity index is 94.9. The number of hydrogen-bond acceptors (Lipinski definition) is 1. The van der Waals surface area contributed by atoms with Gasteiger partial charge in [0.1, 0.15) is 6.10 Å². The first-order valence-electron chi connectivity index (χ1n) is 3.43. The second-order valence-corrected chi connectivity index (χ2v) is 2.91. The summed E-state index contributed by atoms with van der Waals surface area (Å²) in [5.41, 5.74) is 0. The molecule has 0 aromatic rings. The van der Waals surface area contributed by atoms with E-state index in [9.17, 15) is 0 Å². The molecule has 9 heavy (non-hydrogen) atoms. The van der Waals surface area contributed by atoms with Gasteiger partial charge in [0.05, 0.1) is 13.1 Å². The van der Waals surface area contributed by atoms with Crippen LogP contribution in [0.5, 0.6) is 0 Å². The van der Waals surface area contributed by atoms with Crippen LogP contribution < -0.4 is 4.90 Å². The third-order valence-corrected chi connectivity index (χ3v) is 2.04. The highest BCUT2D eigenvalue weighted by molar-refractivity contribution is 4.68. The lowest BCUT2D eigenvalue weighted by Gasteiger charge is -2.11. The lowest BCUT2D eigenvalue weighted by atomic mass is 10.1. The van der Waals surface area contributed by atoms with Crippen LogP contribution in [0.15, 0.2) is 0 Å². The minimum absolute atomic E-state index is 0.442. The molecule has 1 rings (SSSR count). The Balaban J connectivity index is 2.38. The van der Waals surface area contributed by atoms with E-state index in [1.165, 1.54) is 4.90 Å². The summed E-state index contributed by atoms with van der Waals surface area (Å²) in [5.74, 6) is 0.683. The van der Waals surface area contributed by atoms with Crippen molar-refractivity contribution in [3.05, 3.63) is 7.05 Å². The van der Waals surface area contributed by atoms with E-state index in [1.807, 2.05) is 0 Å². The highest BCUT2D eigenvalue weighted by atomic mass is 16.5. The molecule has 0 bridgehead atoms. The molecule has 0 aliphatic carbocycles. The average Bonchev–Trinajstić information content (AvgIpc) is 2.10. The van der Waals surface area contributed by atoms with Gasteiger partial charge in [-0.1, -0.05) is 6.92 Å². The summed E-state index contributed by atoms with van der Waals surface area (Å²) in [7, 11) is 5.70. The second kappa shape index (κ2) is 2.67. The predicted molar refractivity (Wildman–Crippen MR) is 36.0 cm³/mol. The molecule has 1 aliphatic heterocycles. The molecule has 2 heteroatoms. The molecule has 1 heterocycles. The molecule has 0 amide bonds. The van der Waals surface area contributed by atoms with E-state index in [4.69, 9.17) is 4.74 Å². The zero-order valence-electron chi connectivity index (χ0n) is 6.18. The first kappa shape index (κ1) is 7.03. The van der Waals surface area contributed by atoms with Crippen molar-refractivity contribution in [3.63, 3.8) is 0 Å². The molecule has 1 saturated heterocycles. The molecule has 0 spiro atoms. The fraction of sp³-hybridized carbons (Fsp3) is 0.857. The smallest absolute Gasteiger partial charge is 0.112 e. The van der Waals surface area contributed by atoms with Crippen molar-refractivity contribution in [2.45, 2.75) is 13.0 Å². The van der Waals surface area contributed by atoms with E-state index >= 15 is 0 Å². The molecule has 2 nitrogen and oxygen atoms in total. The Hall–Kier alpha value is -0.0800. The highest BCUT2D eigenvalue weighted by Gasteiger charge is 2.27. The van der Waals surface area contributed by atoms with E-state index in [-0.39, 0.29) is 0 Å². The zero-order chi connectivity index (χ0) is 6.85. The van der Waals surface area contributed by atoms with Gasteiger partial charge in [-0.05, 0) is 0 Å². The first-order chi connectivity index (χ1) is 4.24. The highest BCUT2D eigenvalue weighted by Crippen LogP contribution is 2.06. The van der Waals surface area contributed by atoms with E-state index in [2.05, 4.69) is 14.0 Å². The normalized spacial score (nSPS) is 43.7. The molecule has 3 atom stereocenters. The standard InChI is InChI=1S/C7H15NO/c1-6-4-8(2)5-7(6)9-3/h6-8H,2,4-5H2,1,3H3/t6-,7+/m1/s1. The van der Waals surface area contributed by atoms with Crippen LogP contribution in [0.3, 0.4) is 0 Å². The van der Waals surface area contributed by atoms with Crippen LogP contribution in [0.2, 0.25) is 0 Å². The minimum Gasteiger partial charge on any atom is -0.465 e. The quantitative estimate of drug-likeness (QED) is 0.463. The van der Waals surface area contributed by atoms with Gasteiger partial charge in [-0.25, -0.2) is 0 Å². The number of hydrogen-bond donors (Lipinski definition) is 1. The maximum atomic E-state index is 5.23. The third-order valence-electron chi connectivity index (χ3n) is 2.04. The summed E-state index contributed by atoms with van der Waals surface area (Å²) in [5, 5.41) is 0. The summed E-state index contributed by atoms with van der Waals surface area (Å²) in [4.78, 5) is 1.34. The van der Waals surface area contributed by atoms with Crippen LogP contribution in [0, 0.1) is 13.0 Å². The number of rotatable bonds is 1. The van der Waals surface area contributed by atoms with Crippen LogP contribution in [0.25, 0.3) is 0 Å². The number of ether oxygens (including phenoxy) is 1. The Morgan fingerprint density at radius 2 is 2.22 bits per heavy atom. The van der Waals surface area contributed by atoms with Crippen molar-refractivity contribution >= 4 is 0 Å². The van der Waals surface area contributed by atoms with E-state index in [0.29, 0.717) is 12.0 Å². The lowest BCUT2D eigenvalue weighted by Crippen LogP contribution is -3.05. The van der Waals surface area contributed by atoms with E-state index < -0.39 is 0 Å². The SMILES string of the molecule is [CH2-][NH+]1C[C@@H](C)[C@@H](OC)C1. The number of likely N-dealkylation sites (tertiary alicyclic amines) is 1. The van der Waals surface area contributed by atoms with Crippen molar-refractivity contribution in [2.24, 2.45) is 5.92 Å². The molecular formula is C7H15NO. The van der Waals surface area contributed by atoms with Gasteiger partial charge in [-0.3, -0.25) is 0 Å². The van der Waals surface area contributed by atoms with Gasteiger partial charge >= 0.3 is 0 Å². The molecule has 0 aromatic carbocycles. The topological polar surface area (TPSA) is 13.7 Å². The number of nitrogens with one attached hydrogen (secondary N) is 1. The fourth-order valence-corrected chi connectivity index (χ4v) is 1.47. The van der Waals surface area contributed by atoms with Crippen molar-refractivity contribution in [1.29, 1.82) is 0 Å². The molecular weight excluding hydrogens is 114 g/mol. The Labute approximate surface area is 56.8 Å². The summed E-state index contributed by atoms with van der Waals surface area (Å²) >= 11 is 0. The first-order valence-corrected chi connectivity index (χ1v) is 3.43. The lowest BCUT2D eigenvalue weighted by molar-refractivity contribution is -0.842. The Morgan fingerprint density at radius 1 is 1.56 bits per heavy atom. The van der Waals surface area contributed by atoms with Crippen molar-refractivity contribution < 1.29 is 9.64 Å². The molecule has 1 N–H and O–H groups in total. The van der Waals surface area contributed by atoms with Crippen molar-refractivity contribution in [3.8, 4) is 0 Å². The Kier molecular flexibility index (Phi) is 2.09. The average molecular weight is 129 g/mol. The Morgan fingerprint density at radius 3 is 2.44 bits per heavy atom.